The summed E-state index contributed by atoms with van der Waals surface area (Å²) in [4.78, 5) is 12.7. The van der Waals surface area contributed by atoms with Crippen LogP contribution in [0.3, 0.4) is 0 Å². The lowest BCUT2D eigenvalue weighted by molar-refractivity contribution is -0.137. The highest BCUT2D eigenvalue weighted by molar-refractivity contribution is 5.83. The average molecular weight is 286 g/mol. The van der Waals surface area contributed by atoms with Crippen LogP contribution in [0.25, 0.3) is 0 Å². The molecule has 1 aliphatic heterocycles. The third-order valence-electron chi connectivity index (χ3n) is 4.09. The Morgan fingerprint density at radius 1 is 1.35 bits per heavy atom. The van der Waals surface area contributed by atoms with Gasteiger partial charge in [-0.05, 0) is 38.8 Å². The maximum absolute atomic E-state index is 12.7. The monoisotopic (exact) mass is 286 g/mol. The van der Waals surface area contributed by atoms with Crippen LogP contribution >= 0.6 is 0 Å². The minimum absolute atomic E-state index is 0.0612. The molecule has 5 nitrogen and oxygen atoms in total. The summed E-state index contributed by atoms with van der Waals surface area (Å²) in [5.41, 5.74) is -0.390. The predicted molar refractivity (Wildman–Crippen MR) is 79.7 cm³/mol. The number of amides is 1. The van der Waals surface area contributed by atoms with Crippen molar-refractivity contribution < 1.29 is 14.3 Å². The molecule has 1 heterocycles. The van der Waals surface area contributed by atoms with Crippen molar-refractivity contribution in [1.82, 2.24) is 10.6 Å². The number of carbonyl (C=O) groups is 1. The van der Waals surface area contributed by atoms with Crippen LogP contribution < -0.4 is 10.6 Å². The van der Waals surface area contributed by atoms with Gasteiger partial charge in [-0.1, -0.05) is 13.8 Å². The van der Waals surface area contributed by atoms with E-state index in [1.165, 1.54) is 0 Å². The lowest BCUT2D eigenvalue weighted by Crippen LogP contribution is -2.54. The van der Waals surface area contributed by atoms with Crippen LogP contribution in [0.4, 0.5) is 0 Å². The topological polar surface area (TPSA) is 59.6 Å². The first kappa shape index (κ1) is 17.4. The van der Waals surface area contributed by atoms with Gasteiger partial charge >= 0.3 is 0 Å². The third-order valence-corrected chi connectivity index (χ3v) is 4.09. The minimum atomic E-state index is -0.390. The van der Waals surface area contributed by atoms with Gasteiger partial charge in [0.05, 0.1) is 24.7 Å². The lowest BCUT2D eigenvalue weighted by Gasteiger charge is -2.37. The second-order valence-corrected chi connectivity index (χ2v) is 5.95. The van der Waals surface area contributed by atoms with Crippen molar-refractivity contribution in [2.24, 2.45) is 11.3 Å². The normalized spacial score (nSPS) is 19.9. The van der Waals surface area contributed by atoms with E-state index in [0.717, 1.165) is 25.9 Å². The van der Waals surface area contributed by atoms with Gasteiger partial charge in [-0.25, -0.2) is 0 Å². The Morgan fingerprint density at radius 3 is 2.50 bits per heavy atom. The quantitative estimate of drug-likeness (QED) is 0.703. The number of hydrogen-bond acceptors (Lipinski definition) is 4. The van der Waals surface area contributed by atoms with Gasteiger partial charge in [0.15, 0.2) is 0 Å². The van der Waals surface area contributed by atoms with E-state index < -0.39 is 0 Å². The fraction of sp³-hybridized carbons (Fsp3) is 0.933. The zero-order chi connectivity index (χ0) is 15.0. The van der Waals surface area contributed by atoms with Crippen LogP contribution in [0, 0.1) is 11.3 Å². The summed E-state index contributed by atoms with van der Waals surface area (Å²) < 4.78 is 10.8. The summed E-state index contributed by atoms with van der Waals surface area (Å²) in [6, 6.07) is 0.0612. The maximum atomic E-state index is 12.7. The van der Waals surface area contributed by atoms with Crippen LogP contribution in [0.2, 0.25) is 0 Å². The Bertz CT molecular complexity index is 283. The Hall–Kier alpha value is -0.650. The summed E-state index contributed by atoms with van der Waals surface area (Å²) in [5.74, 6) is 0.464. The van der Waals surface area contributed by atoms with Crippen LogP contribution in [0.5, 0.6) is 0 Å². The van der Waals surface area contributed by atoms with Crippen molar-refractivity contribution in [3.05, 3.63) is 0 Å². The van der Waals surface area contributed by atoms with Crippen LogP contribution in [-0.4, -0.2) is 52.0 Å². The molecule has 2 N–H and O–H groups in total. The first-order valence-corrected chi connectivity index (χ1v) is 7.64. The molecule has 0 aromatic rings. The molecule has 5 heteroatoms. The third kappa shape index (κ3) is 4.72. The van der Waals surface area contributed by atoms with Gasteiger partial charge in [0, 0.05) is 13.7 Å². The lowest BCUT2D eigenvalue weighted by atomic mass is 9.78. The maximum Gasteiger partial charge on any atom is 0.228 e. The zero-order valence-corrected chi connectivity index (χ0v) is 13.3. The highest BCUT2D eigenvalue weighted by Gasteiger charge is 2.40. The molecule has 1 fully saturated rings. The van der Waals surface area contributed by atoms with E-state index in [0.29, 0.717) is 25.7 Å². The second kappa shape index (κ2) is 8.60. The van der Waals surface area contributed by atoms with Gasteiger partial charge in [-0.2, -0.15) is 0 Å². The van der Waals surface area contributed by atoms with Crippen molar-refractivity contribution in [3.8, 4) is 0 Å². The molecule has 0 aromatic heterocycles. The highest BCUT2D eigenvalue weighted by Crippen LogP contribution is 2.29. The van der Waals surface area contributed by atoms with Crippen molar-refractivity contribution in [1.29, 1.82) is 0 Å². The molecule has 1 amide bonds. The summed E-state index contributed by atoms with van der Waals surface area (Å²) >= 11 is 0. The van der Waals surface area contributed by atoms with E-state index in [4.69, 9.17) is 9.47 Å². The summed E-state index contributed by atoms with van der Waals surface area (Å²) in [7, 11) is 1.66. The Balaban J connectivity index is 2.68. The molecule has 0 radical (unpaired) electrons. The number of methoxy groups -OCH3 is 1. The van der Waals surface area contributed by atoms with Crippen LogP contribution in [0.1, 0.15) is 33.6 Å². The van der Waals surface area contributed by atoms with Gasteiger partial charge in [-0.15, -0.1) is 0 Å². The number of nitrogens with one attached hydrogen (secondary N) is 2. The van der Waals surface area contributed by atoms with E-state index >= 15 is 0 Å². The fourth-order valence-corrected chi connectivity index (χ4v) is 2.59. The first-order valence-electron chi connectivity index (χ1n) is 7.64. The number of rotatable bonds is 8. The zero-order valence-electron chi connectivity index (χ0n) is 13.3. The molecule has 0 bridgehead atoms. The fourth-order valence-electron chi connectivity index (χ4n) is 2.59. The van der Waals surface area contributed by atoms with Crippen molar-refractivity contribution in [2.75, 3.05) is 40.0 Å². The molecule has 0 aliphatic carbocycles. The molecular weight excluding hydrogens is 256 g/mol. The van der Waals surface area contributed by atoms with Crippen molar-refractivity contribution >= 4 is 5.91 Å². The number of ether oxygens (including phenoxy) is 2. The molecule has 20 heavy (non-hydrogen) atoms. The van der Waals surface area contributed by atoms with Gasteiger partial charge in [0.1, 0.15) is 0 Å². The molecule has 118 valence electrons. The molecule has 1 rings (SSSR count). The largest absolute Gasteiger partial charge is 0.384 e. The van der Waals surface area contributed by atoms with E-state index in [9.17, 15) is 4.79 Å². The van der Waals surface area contributed by atoms with Gasteiger partial charge in [0.25, 0.3) is 0 Å². The average Bonchev–Trinajstić information content (AvgIpc) is 2.44. The standard InChI is InChI=1S/C15H30N2O3/c1-5-20-10-13(12(2)3)17-14(18)15(11-19-4)6-8-16-9-7-15/h12-13,16H,5-11H2,1-4H3,(H,17,18). The number of carbonyl (C=O) groups excluding carboxylic acids is 1. The summed E-state index contributed by atoms with van der Waals surface area (Å²) in [5, 5.41) is 6.48. The minimum Gasteiger partial charge on any atom is -0.384 e. The van der Waals surface area contributed by atoms with E-state index in [-0.39, 0.29) is 17.4 Å². The Labute approximate surface area is 122 Å². The van der Waals surface area contributed by atoms with Crippen LogP contribution in [-0.2, 0) is 14.3 Å². The Morgan fingerprint density at radius 2 is 2.00 bits per heavy atom. The smallest absolute Gasteiger partial charge is 0.228 e. The van der Waals surface area contributed by atoms with E-state index in [2.05, 4.69) is 24.5 Å². The molecule has 1 unspecified atom stereocenters. The molecule has 1 atom stereocenters. The first-order chi connectivity index (χ1) is 9.55. The highest BCUT2D eigenvalue weighted by atomic mass is 16.5. The van der Waals surface area contributed by atoms with Crippen molar-refractivity contribution in [3.63, 3.8) is 0 Å². The van der Waals surface area contributed by atoms with Gasteiger partial charge < -0.3 is 20.1 Å². The number of hydrogen-bond donors (Lipinski definition) is 2. The van der Waals surface area contributed by atoms with Crippen molar-refractivity contribution in [2.45, 2.75) is 39.7 Å². The van der Waals surface area contributed by atoms with E-state index in [1.807, 2.05) is 6.92 Å². The number of piperidine rings is 1. The molecule has 0 saturated carbocycles. The van der Waals surface area contributed by atoms with Crippen LogP contribution in [0.15, 0.2) is 0 Å². The van der Waals surface area contributed by atoms with E-state index in [1.54, 1.807) is 7.11 Å². The molecule has 1 saturated heterocycles. The molecular formula is C15H30N2O3. The Kier molecular flexibility index (Phi) is 7.48. The summed E-state index contributed by atoms with van der Waals surface area (Å²) in [6.45, 7) is 9.65. The van der Waals surface area contributed by atoms with Gasteiger partial charge in [-0.3, -0.25) is 4.79 Å². The summed E-state index contributed by atoms with van der Waals surface area (Å²) in [6.07, 6.45) is 1.65. The molecule has 1 aliphatic rings. The SMILES string of the molecule is CCOCC(NC(=O)C1(COC)CCNCC1)C(C)C. The second-order valence-electron chi connectivity index (χ2n) is 5.95. The van der Waals surface area contributed by atoms with Gasteiger partial charge in [0.2, 0.25) is 5.91 Å². The predicted octanol–water partition coefficient (Wildman–Crippen LogP) is 1.18. The molecule has 0 aromatic carbocycles. The molecule has 0 spiro atoms.